The Morgan fingerprint density at radius 1 is 1.32 bits per heavy atom. The van der Waals surface area contributed by atoms with Gasteiger partial charge < -0.3 is 14.5 Å². The van der Waals surface area contributed by atoms with Crippen LogP contribution in [0.5, 0.6) is 0 Å². The maximum absolute atomic E-state index is 12.2. The zero-order valence-corrected chi connectivity index (χ0v) is 14.7. The summed E-state index contributed by atoms with van der Waals surface area (Å²) in [6, 6.07) is 5.13. The molecule has 0 aliphatic heterocycles. The lowest BCUT2D eigenvalue weighted by Crippen LogP contribution is -2.26. The van der Waals surface area contributed by atoms with Crippen molar-refractivity contribution in [3.63, 3.8) is 0 Å². The van der Waals surface area contributed by atoms with E-state index in [1.807, 2.05) is 5.38 Å². The maximum atomic E-state index is 12.2. The van der Waals surface area contributed by atoms with Crippen LogP contribution in [0, 0.1) is 0 Å². The number of amides is 1. The van der Waals surface area contributed by atoms with E-state index in [0.29, 0.717) is 9.88 Å². The third kappa shape index (κ3) is 3.86. The Morgan fingerprint density at radius 3 is 2.88 bits per heavy atom. The molecule has 0 aromatic carbocycles. The van der Waals surface area contributed by atoms with E-state index in [4.69, 9.17) is 9.15 Å². The van der Waals surface area contributed by atoms with E-state index in [9.17, 15) is 14.4 Å². The van der Waals surface area contributed by atoms with Crippen LogP contribution in [-0.4, -0.2) is 28.3 Å². The summed E-state index contributed by atoms with van der Waals surface area (Å²) < 4.78 is 10.9. The van der Waals surface area contributed by atoms with Gasteiger partial charge in [-0.3, -0.25) is 4.79 Å². The summed E-state index contributed by atoms with van der Waals surface area (Å²) >= 11 is 2.56. The monoisotopic (exact) mass is 379 g/mol. The molecule has 1 amide bonds. The van der Waals surface area contributed by atoms with Gasteiger partial charge in [0.15, 0.2) is 0 Å². The fourth-order valence-electron chi connectivity index (χ4n) is 1.98. The summed E-state index contributed by atoms with van der Waals surface area (Å²) in [6.45, 7) is 1.61. The van der Waals surface area contributed by atoms with Crippen molar-refractivity contribution in [1.82, 2.24) is 9.78 Å². The van der Waals surface area contributed by atoms with Gasteiger partial charge in [0.2, 0.25) is 5.91 Å². The van der Waals surface area contributed by atoms with Gasteiger partial charge in [-0.05, 0) is 29.8 Å². The van der Waals surface area contributed by atoms with Gasteiger partial charge in [0, 0.05) is 0 Å². The van der Waals surface area contributed by atoms with Gasteiger partial charge in [0.05, 0.1) is 17.0 Å². The largest absolute Gasteiger partial charge is 0.462 e. The number of ether oxygens (including phenoxy) is 1. The second-order valence-corrected chi connectivity index (χ2v) is 6.60. The van der Waals surface area contributed by atoms with Crippen LogP contribution in [0.3, 0.4) is 0 Å². The number of nitrogens with one attached hydrogen (secondary N) is 1. The molecule has 8 nitrogen and oxygen atoms in total. The van der Waals surface area contributed by atoms with Crippen LogP contribution in [0.15, 0.2) is 38.2 Å². The Morgan fingerprint density at radius 2 is 2.16 bits per heavy atom. The van der Waals surface area contributed by atoms with Gasteiger partial charge in [-0.15, -0.1) is 27.8 Å². The molecule has 0 saturated carbocycles. The topological polar surface area (TPSA) is 103 Å². The molecular weight excluding hydrogens is 366 g/mol. The fourth-order valence-corrected chi connectivity index (χ4v) is 3.42. The molecule has 0 aliphatic rings. The molecule has 130 valence electrons. The van der Waals surface area contributed by atoms with Crippen LogP contribution < -0.4 is 11.1 Å². The smallest absolute Gasteiger partial charge is 0.437 e. The second kappa shape index (κ2) is 7.45. The molecule has 0 spiro atoms. The number of thiophene rings is 2. The van der Waals surface area contributed by atoms with Crippen LogP contribution in [0.1, 0.15) is 17.3 Å². The SMILES string of the molecule is CCOC(=O)c1ccsc1NC(=O)Cn1nc(-c2cccs2)oc1=O. The molecule has 25 heavy (non-hydrogen) atoms. The molecule has 0 atom stereocenters. The normalized spacial score (nSPS) is 10.6. The summed E-state index contributed by atoms with van der Waals surface area (Å²) in [5.74, 6) is -1.58. The molecule has 3 aromatic heterocycles. The zero-order valence-electron chi connectivity index (χ0n) is 13.1. The molecule has 0 bridgehead atoms. The van der Waals surface area contributed by atoms with Crippen molar-refractivity contribution in [2.45, 2.75) is 13.5 Å². The van der Waals surface area contributed by atoms with Crippen molar-refractivity contribution < 1.29 is 18.7 Å². The van der Waals surface area contributed by atoms with Crippen molar-refractivity contribution >= 4 is 39.6 Å². The second-order valence-electron chi connectivity index (χ2n) is 4.74. The standard InChI is InChI=1S/C15H13N3O5S2/c1-2-22-14(20)9-5-7-25-13(9)16-11(19)8-18-15(21)23-12(17-18)10-4-3-6-24-10/h3-7H,2,8H2,1H3,(H,16,19). The summed E-state index contributed by atoms with van der Waals surface area (Å²) in [5.41, 5.74) is 0.270. The highest BCUT2D eigenvalue weighted by Gasteiger charge is 2.18. The summed E-state index contributed by atoms with van der Waals surface area (Å²) in [6.07, 6.45) is 0. The van der Waals surface area contributed by atoms with Gasteiger partial charge in [-0.1, -0.05) is 6.07 Å². The Kier molecular flexibility index (Phi) is 5.10. The molecule has 3 heterocycles. The Bertz CT molecular complexity index is 939. The van der Waals surface area contributed by atoms with Crippen molar-refractivity contribution in [1.29, 1.82) is 0 Å². The highest BCUT2D eigenvalue weighted by molar-refractivity contribution is 7.14. The first kappa shape index (κ1) is 17.1. The van der Waals surface area contributed by atoms with Gasteiger partial charge in [-0.2, -0.15) is 4.68 Å². The van der Waals surface area contributed by atoms with E-state index in [2.05, 4.69) is 10.4 Å². The molecule has 0 fully saturated rings. The van der Waals surface area contributed by atoms with Crippen molar-refractivity contribution in [3.8, 4) is 10.8 Å². The number of hydrogen-bond acceptors (Lipinski definition) is 8. The third-order valence-electron chi connectivity index (χ3n) is 3.05. The van der Waals surface area contributed by atoms with Crippen LogP contribution >= 0.6 is 22.7 Å². The van der Waals surface area contributed by atoms with E-state index in [-0.39, 0.29) is 24.6 Å². The highest BCUT2D eigenvalue weighted by Crippen LogP contribution is 2.24. The molecule has 10 heteroatoms. The van der Waals surface area contributed by atoms with Crippen molar-refractivity contribution in [2.75, 3.05) is 11.9 Å². The lowest BCUT2D eigenvalue weighted by Gasteiger charge is -2.05. The third-order valence-corrected chi connectivity index (χ3v) is 4.73. The summed E-state index contributed by atoms with van der Waals surface area (Å²) in [7, 11) is 0. The van der Waals surface area contributed by atoms with E-state index < -0.39 is 17.6 Å². The number of hydrogen-bond donors (Lipinski definition) is 1. The minimum Gasteiger partial charge on any atom is -0.462 e. The fraction of sp³-hybridized carbons (Fsp3) is 0.200. The number of carbonyl (C=O) groups is 2. The number of esters is 1. The molecule has 3 aromatic rings. The van der Waals surface area contributed by atoms with Gasteiger partial charge >= 0.3 is 11.7 Å². The molecule has 0 aliphatic carbocycles. The number of rotatable bonds is 6. The minimum atomic E-state index is -0.727. The van der Waals surface area contributed by atoms with E-state index >= 15 is 0 Å². The molecule has 1 N–H and O–H groups in total. The lowest BCUT2D eigenvalue weighted by molar-refractivity contribution is -0.117. The van der Waals surface area contributed by atoms with Crippen molar-refractivity contribution in [3.05, 3.63) is 45.1 Å². The molecular formula is C15H13N3O5S2. The van der Waals surface area contributed by atoms with Gasteiger partial charge in [0.25, 0.3) is 5.89 Å². The van der Waals surface area contributed by atoms with Gasteiger partial charge in [0.1, 0.15) is 11.5 Å². The van der Waals surface area contributed by atoms with Crippen LogP contribution in [-0.2, 0) is 16.1 Å². The molecule has 0 saturated heterocycles. The predicted molar refractivity (Wildman–Crippen MR) is 93.0 cm³/mol. The highest BCUT2D eigenvalue weighted by atomic mass is 32.1. The lowest BCUT2D eigenvalue weighted by atomic mass is 10.3. The van der Waals surface area contributed by atoms with E-state index in [1.54, 1.807) is 30.5 Å². The zero-order chi connectivity index (χ0) is 17.8. The quantitative estimate of drug-likeness (QED) is 0.660. The number of nitrogens with zero attached hydrogens (tertiary/aromatic N) is 2. The Labute approximate surface area is 149 Å². The minimum absolute atomic E-state index is 0.163. The number of carbonyl (C=O) groups excluding carboxylic acids is 2. The predicted octanol–water partition coefficient (Wildman–Crippen LogP) is 2.44. The molecule has 0 unspecified atom stereocenters. The number of aromatic nitrogens is 2. The first-order valence-electron chi connectivity index (χ1n) is 7.24. The van der Waals surface area contributed by atoms with Gasteiger partial charge in [-0.25, -0.2) is 9.59 Å². The molecule has 0 radical (unpaired) electrons. The first-order chi connectivity index (χ1) is 12.1. The Balaban J connectivity index is 1.71. The van der Waals surface area contributed by atoms with E-state index in [0.717, 1.165) is 4.68 Å². The summed E-state index contributed by atoms with van der Waals surface area (Å²) in [4.78, 5) is 36.5. The summed E-state index contributed by atoms with van der Waals surface area (Å²) in [5, 5.41) is 10.5. The Hall–Kier alpha value is -2.72. The van der Waals surface area contributed by atoms with Crippen LogP contribution in [0.4, 0.5) is 5.00 Å². The van der Waals surface area contributed by atoms with Crippen LogP contribution in [0.25, 0.3) is 10.8 Å². The maximum Gasteiger partial charge on any atom is 0.437 e. The molecule has 3 rings (SSSR count). The van der Waals surface area contributed by atoms with Crippen LogP contribution in [0.2, 0.25) is 0 Å². The average Bonchev–Trinajstić information content (AvgIpc) is 3.29. The van der Waals surface area contributed by atoms with E-state index in [1.165, 1.54) is 22.7 Å². The first-order valence-corrected chi connectivity index (χ1v) is 9.00. The van der Waals surface area contributed by atoms with Crippen molar-refractivity contribution in [2.24, 2.45) is 0 Å². The average molecular weight is 379 g/mol. The number of anilines is 1.